The van der Waals surface area contributed by atoms with E-state index in [1.807, 2.05) is 0 Å². The molecule has 0 fully saturated rings. The fourth-order valence-corrected chi connectivity index (χ4v) is 1.95. The van der Waals surface area contributed by atoms with E-state index in [1.54, 1.807) is 0 Å². The lowest BCUT2D eigenvalue weighted by molar-refractivity contribution is -0.138. The molecule has 3 nitrogen and oxygen atoms in total. The van der Waals surface area contributed by atoms with Crippen LogP contribution in [0.15, 0.2) is 21.6 Å². The van der Waals surface area contributed by atoms with Crippen molar-refractivity contribution in [3.8, 4) is 5.75 Å². The highest BCUT2D eigenvalue weighted by molar-refractivity contribution is 9.10. The van der Waals surface area contributed by atoms with Gasteiger partial charge in [-0.2, -0.15) is 13.2 Å². The largest absolute Gasteiger partial charge is 0.495 e. The van der Waals surface area contributed by atoms with E-state index in [1.165, 1.54) is 12.1 Å². The Kier molecular flexibility index (Phi) is 4.31. The molecule has 0 radical (unpaired) electrons. The number of benzene rings is 1. The van der Waals surface area contributed by atoms with Crippen LogP contribution in [0.4, 0.5) is 13.2 Å². The average Bonchev–Trinajstić information content (AvgIpc) is 2.24. The summed E-state index contributed by atoms with van der Waals surface area (Å²) in [6.45, 7) is -0.158. The number of rotatable bonds is 3. The van der Waals surface area contributed by atoms with E-state index in [9.17, 15) is 18.0 Å². The van der Waals surface area contributed by atoms with Gasteiger partial charge in [-0.05, 0) is 33.6 Å². The quantitative estimate of drug-likeness (QED) is 0.634. The lowest BCUT2D eigenvalue weighted by Crippen LogP contribution is -2.08. The molecule has 0 N–H and O–H groups in total. The Morgan fingerprint density at radius 1 is 1.47 bits per heavy atom. The standard InChI is InChI=1S/C10H7BrF3NO2/c1-17-9-7(10(12,13)14)2-6(3-8(9)11)4-15-5-16/h2-3H,4H2,1H3. The summed E-state index contributed by atoms with van der Waals surface area (Å²) >= 11 is 2.98. The molecule has 0 spiro atoms. The zero-order chi connectivity index (χ0) is 13.1. The molecule has 0 unspecified atom stereocenters. The molecule has 1 aromatic carbocycles. The van der Waals surface area contributed by atoms with Crippen molar-refractivity contribution in [3.63, 3.8) is 0 Å². The number of ether oxygens (including phenoxy) is 1. The van der Waals surface area contributed by atoms with E-state index >= 15 is 0 Å². The first-order valence-corrected chi connectivity index (χ1v) is 5.16. The van der Waals surface area contributed by atoms with Crippen molar-refractivity contribution in [2.24, 2.45) is 4.99 Å². The Bertz CT molecular complexity index is 467. The molecule has 0 aliphatic rings. The molecule has 0 bridgehead atoms. The van der Waals surface area contributed by atoms with Gasteiger partial charge in [0.2, 0.25) is 6.08 Å². The normalized spacial score (nSPS) is 10.9. The summed E-state index contributed by atoms with van der Waals surface area (Å²) in [5.74, 6) is -0.295. The third kappa shape index (κ3) is 3.31. The Hall–Kier alpha value is -1.33. The second kappa shape index (κ2) is 5.33. The smallest absolute Gasteiger partial charge is 0.420 e. The highest BCUT2D eigenvalue weighted by Gasteiger charge is 2.35. The average molecular weight is 310 g/mol. The minimum Gasteiger partial charge on any atom is -0.495 e. The highest BCUT2D eigenvalue weighted by Crippen LogP contribution is 2.41. The predicted molar refractivity (Wildman–Crippen MR) is 57.5 cm³/mol. The molecule has 0 heterocycles. The summed E-state index contributed by atoms with van der Waals surface area (Å²) in [6.07, 6.45) is -3.26. The minimum atomic E-state index is -4.53. The van der Waals surface area contributed by atoms with Gasteiger partial charge < -0.3 is 4.74 Å². The van der Waals surface area contributed by atoms with E-state index in [2.05, 4.69) is 25.7 Å². The lowest BCUT2D eigenvalue weighted by atomic mass is 10.1. The Labute approximate surface area is 103 Å². The Morgan fingerprint density at radius 3 is 2.59 bits per heavy atom. The summed E-state index contributed by atoms with van der Waals surface area (Å²) in [6, 6.07) is 2.30. The van der Waals surface area contributed by atoms with E-state index in [-0.39, 0.29) is 22.3 Å². The Balaban J connectivity index is 3.33. The van der Waals surface area contributed by atoms with E-state index < -0.39 is 11.7 Å². The van der Waals surface area contributed by atoms with Crippen molar-refractivity contribution in [2.75, 3.05) is 7.11 Å². The van der Waals surface area contributed by atoms with Gasteiger partial charge in [0, 0.05) is 0 Å². The van der Waals surface area contributed by atoms with Crippen LogP contribution in [0.1, 0.15) is 11.1 Å². The van der Waals surface area contributed by atoms with E-state index in [4.69, 9.17) is 0 Å². The third-order valence-electron chi connectivity index (χ3n) is 1.94. The summed E-state index contributed by atoms with van der Waals surface area (Å²) in [4.78, 5) is 13.1. The molecule has 0 aliphatic carbocycles. The molecule has 1 aromatic rings. The van der Waals surface area contributed by atoms with Crippen molar-refractivity contribution in [3.05, 3.63) is 27.7 Å². The van der Waals surface area contributed by atoms with Gasteiger partial charge in [0.1, 0.15) is 5.75 Å². The molecule has 0 amide bonds. The minimum absolute atomic E-state index is 0.158. The van der Waals surface area contributed by atoms with Crippen LogP contribution < -0.4 is 4.74 Å². The molecule has 0 saturated carbocycles. The maximum Gasteiger partial charge on any atom is 0.420 e. The number of nitrogens with zero attached hydrogens (tertiary/aromatic N) is 1. The van der Waals surface area contributed by atoms with Crippen LogP contribution in [0.25, 0.3) is 0 Å². The number of halogens is 4. The summed E-state index contributed by atoms with van der Waals surface area (Å²) < 4.78 is 43.0. The predicted octanol–water partition coefficient (Wildman–Crippen LogP) is 3.31. The zero-order valence-corrected chi connectivity index (χ0v) is 10.2. The molecule has 7 heteroatoms. The molecular formula is C10H7BrF3NO2. The second-order valence-electron chi connectivity index (χ2n) is 3.06. The van der Waals surface area contributed by atoms with Crippen LogP contribution in [0.2, 0.25) is 0 Å². The molecule has 92 valence electrons. The van der Waals surface area contributed by atoms with Gasteiger partial charge in [0.25, 0.3) is 0 Å². The van der Waals surface area contributed by atoms with Gasteiger partial charge in [-0.15, -0.1) is 0 Å². The fourth-order valence-electron chi connectivity index (χ4n) is 1.28. The number of hydrogen-bond donors (Lipinski definition) is 0. The molecule has 17 heavy (non-hydrogen) atoms. The number of methoxy groups -OCH3 is 1. The molecular weight excluding hydrogens is 303 g/mol. The van der Waals surface area contributed by atoms with Crippen molar-refractivity contribution in [2.45, 2.75) is 12.7 Å². The van der Waals surface area contributed by atoms with Crippen molar-refractivity contribution in [1.82, 2.24) is 0 Å². The van der Waals surface area contributed by atoms with Gasteiger partial charge in [-0.3, -0.25) is 0 Å². The number of hydrogen-bond acceptors (Lipinski definition) is 3. The second-order valence-corrected chi connectivity index (χ2v) is 3.92. The lowest BCUT2D eigenvalue weighted by Gasteiger charge is -2.14. The number of alkyl halides is 3. The SMILES string of the molecule is COc1c(Br)cc(CN=C=O)cc1C(F)(F)F. The molecule has 1 rings (SSSR count). The Morgan fingerprint density at radius 2 is 2.12 bits per heavy atom. The number of carbonyl (C=O) groups excluding carboxylic acids is 1. The van der Waals surface area contributed by atoms with Crippen molar-refractivity contribution in [1.29, 1.82) is 0 Å². The summed E-state index contributed by atoms with van der Waals surface area (Å²) in [7, 11) is 1.15. The van der Waals surface area contributed by atoms with E-state index in [0.717, 1.165) is 13.2 Å². The maximum atomic E-state index is 12.7. The number of aliphatic imine (C=N–C) groups is 1. The maximum absolute atomic E-state index is 12.7. The van der Waals surface area contributed by atoms with Crippen LogP contribution in [-0.2, 0) is 17.5 Å². The van der Waals surface area contributed by atoms with Crippen LogP contribution in [0.5, 0.6) is 5.75 Å². The zero-order valence-electron chi connectivity index (χ0n) is 8.64. The molecule has 0 aliphatic heterocycles. The molecule has 0 atom stereocenters. The van der Waals surface area contributed by atoms with E-state index in [0.29, 0.717) is 0 Å². The van der Waals surface area contributed by atoms with Crippen molar-refractivity contribution < 1.29 is 22.7 Å². The highest BCUT2D eigenvalue weighted by atomic mass is 79.9. The van der Waals surface area contributed by atoms with Crippen LogP contribution in [-0.4, -0.2) is 13.2 Å². The fraction of sp³-hybridized carbons (Fsp3) is 0.300. The first kappa shape index (κ1) is 13.7. The van der Waals surface area contributed by atoms with Gasteiger partial charge in [0.05, 0.1) is 23.7 Å². The van der Waals surface area contributed by atoms with Crippen LogP contribution in [0.3, 0.4) is 0 Å². The monoisotopic (exact) mass is 309 g/mol. The van der Waals surface area contributed by atoms with Gasteiger partial charge >= 0.3 is 6.18 Å². The van der Waals surface area contributed by atoms with Crippen molar-refractivity contribution >= 4 is 22.0 Å². The van der Waals surface area contributed by atoms with Crippen LogP contribution in [0, 0.1) is 0 Å². The van der Waals surface area contributed by atoms with Gasteiger partial charge in [0.15, 0.2) is 0 Å². The first-order valence-electron chi connectivity index (χ1n) is 4.37. The van der Waals surface area contributed by atoms with Gasteiger partial charge in [-0.1, -0.05) is 0 Å². The topological polar surface area (TPSA) is 38.7 Å². The molecule has 0 saturated heterocycles. The van der Waals surface area contributed by atoms with Gasteiger partial charge in [-0.25, -0.2) is 9.79 Å². The number of isocyanates is 1. The molecule has 0 aromatic heterocycles. The van der Waals surface area contributed by atoms with Crippen LogP contribution >= 0.6 is 15.9 Å². The first-order chi connectivity index (χ1) is 7.90. The third-order valence-corrected chi connectivity index (χ3v) is 2.53. The summed E-state index contributed by atoms with van der Waals surface area (Å²) in [5, 5.41) is 0. The summed E-state index contributed by atoms with van der Waals surface area (Å²) in [5.41, 5.74) is -0.668.